The van der Waals surface area contributed by atoms with Crippen LogP contribution in [0.1, 0.15) is 57.3 Å². The zero-order chi connectivity index (χ0) is 14.5. The molecule has 0 amide bonds. The maximum Gasteiger partial charge on any atom is 0.0951 e. The minimum absolute atomic E-state index is 0.108. The lowest BCUT2D eigenvalue weighted by Crippen LogP contribution is -2.44. The van der Waals surface area contributed by atoms with Gasteiger partial charge in [0.1, 0.15) is 0 Å². The van der Waals surface area contributed by atoms with E-state index < -0.39 is 0 Å². The van der Waals surface area contributed by atoms with Gasteiger partial charge in [0, 0.05) is 31.4 Å². The summed E-state index contributed by atoms with van der Waals surface area (Å²) in [6.07, 6.45) is 8.46. The van der Waals surface area contributed by atoms with Crippen LogP contribution in [0.25, 0.3) is 0 Å². The second-order valence-corrected chi connectivity index (χ2v) is 6.11. The van der Waals surface area contributed by atoms with Gasteiger partial charge in [-0.2, -0.15) is 0 Å². The molecule has 5 nitrogen and oxygen atoms in total. The molecular weight excluding hydrogens is 252 g/mol. The Morgan fingerprint density at radius 1 is 1.45 bits per heavy atom. The molecule has 0 aliphatic heterocycles. The molecule has 4 N–H and O–H groups in total. The van der Waals surface area contributed by atoms with Crippen LogP contribution in [0.3, 0.4) is 0 Å². The van der Waals surface area contributed by atoms with Gasteiger partial charge in [0.05, 0.1) is 18.1 Å². The Morgan fingerprint density at radius 3 is 2.85 bits per heavy atom. The summed E-state index contributed by atoms with van der Waals surface area (Å²) in [4.78, 5) is 4.26. The quantitative estimate of drug-likeness (QED) is 0.740. The van der Waals surface area contributed by atoms with Crippen LogP contribution in [0, 0.1) is 5.92 Å². The number of aliphatic hydroxyl groups excluding tert-OH is 1. The third-order valence-corrected chi connectivity index (χ3v) is 4.40. The standard InChI is InChI=1S/C15H28N4O/c1-11(2)19-10-17-8-15(19)14(7-16)18-13-6-4-3-5-12(13)9-20/h8,10-14,18,20H,3-7,9,16H2,1-2H3. The Labute approximate surface area is 121 Å². The minimum Gasteiger partial charge on any atom is -0.396 e. The van der Waals surface area contributed by atoms with Crippen molar-refractivity contribution in [2.24, 2.45) is 11.7 Å². The van der Waals surface area contributed by atoms with E-state index in [0.29, 0.717) is 24.5 Å². The smallest absolute Gasteiger partial charge is 0.0951 e. The van der Waals surface area contributed by atoms with E-state index in [1.54, 1.807) is 0 Å². The summed E-state index contributed by atoms with van der Waals surface area (Å²) in [5.74, 6) is 0.355. The van der Waals surface area contributed by atoms with E-state index in [1.807, 2.05) is 12.5 Å². The van der Waals surface area contributed by atoms with Crippen molar-refractivity contribution in [3.63, 3.8) is 0 Å². The summed E-state index contributed by atoms with van der Waals surface area (Å²) >= 11 is 0. The second kappa shape index (κ2) is 7.20. The molecule has 0 spiro atoms. The van der Waals surface area contributed by atoms with Gasteiger partial charge >= 0.3 is 0 Å². The number of hydrogen-bond acceptors (Lipinski definition) is 4. The molecule has 3 unspecified atom stereocenters. The fourth-order valence-corrected chi connectivity index (χ4v) is 3.19. The molecule has 0 bridgehead atoms. The molecule has 20 heavy (non-hydrogen) atoms. The van der Waals surface area contributed by atoms with Gasteiger partial charge in [-0.1, -0.05) is 12.8 Å². The van der Waals surface area contributed by atoms with Crippen LogP contribution in [-0.4, -0.2) is 33.9 Å². The van der Waals surface area contributed by atoms with Crippen LogP contribution in [0.4, 0.5) is 0 Å². The van der Waals surface area contributed by atoms with Gasteiger partial charge in [-0.05, 0) is 32.6 Å². The maximum atomic E-state index is 9.53. The molecule has 1 aliphatic rings. The van der Waals surface area contributed by atoms with Crippen molar-refractivity contribution in [1.82, 2.24) is 14.9 Å². The summed E-state index contributed by atoms with van der Waals surface area (Å²) in [5.41, 5.74) is 7.11. The molecule has 1 aromatic heterocycles. The van der Waals surface area contributed by atoms with Gasteiger partial charge in [0.2, 0.25) is 0 Å². The molecule has 1 fully saturated rings. The van der Waals surface area contributed by atoms with Gasteiger partial charge in [-0.25, -0.2) is 4.98 Å². The second-order valence-electron chi connectivity index (χ2n) is 6.11. The largest absolute Gasteiger partial charge is 0.396 e. The average Bonchev–Trinajstić information content (AvgIpc) is 2.94. The Balaban J connectivity index is 2.09. The van der Waals surface area contributed by atoms with E-state index in [4.69, 9.17) is 5.73 Å². The molecule has 114 valence electrons. The number of nitrogens with zero attached hydrogens (tertiary/aromatic N) is 2. The highest BCUT2D eigenvalue weighted by atomic mass is 16.3. The lowest BCUT2D eigenvalue weighted by Gasteiger charge is -2.34. The van der Waals surface area contributed by atoms with Gasteiger partial charge < -0.3 is 20.7 Å². The highest BCUT2D eigenvalue weighted by Gasteiger charge is 2.27. The van der Waals surface area contributed by atoms with Crippen LogP contribution in [0.5, 0.6) is 0 Å². The van der Waals surface area contributed by atoms with Crippen molar-refractivity contribution in [2.45, 2.75) is 57.7 Å². The molecule has 2 rings (SSSR count). The summed E-state index contributed by atoms with van der Waals surface area (Å²) in [5, 5.41) is 13.2. The Bertz CT molecular complexity index is 404. The van der Waals surface area contributed by atoms with Crippen molar-refractivity contribution in [3.8, 4) is 0 Å². The van der Waals surface area contributed by atoms with E-state index >= 15 is 0 Å². The first-order valence-corrected chi connectivity index (χ1v) is 7.76. The average molecular weight is 280 g/mol. The lowest BCUT2D eigenvalue weighted by atomic mass is 9.84. The predicted octanol–water partition coefficient (Wildman–Crippen LogP) is 1.60. The van der Waals surface area contributed by atoms with E-state index in [9.17, 15) is 5.11 Å². The van der Waals surface area contributed by atoms with Crippen LogP contribution in [-0.2, 0) is 0 Å². The van der Waals surface area contributed by atoms with E-state index in [-0.39, 0.29) is 12.6 Å². The number of rotatable bonds is 6. The third-order valence-electron chi connectivity index (χ3n) is 4.40. The molecule has 1 heterocycles. The number of aromatic nitrogens is 2. The number of hydrogen-bond donors (Lipinski definition) is 3. The van der Waals surface area contributed by atoms with E-state index in [2.05, 4.69) is 28.7 Å². The zero-order valence-electron chi connectivity index (χ0n) is 12.6. The number of imidazole rings is 1. The highest BCUT2D eigenvalue weighted by molar-refractivity contribution is 5.08. The molecule has 0 aromatic carbocycles. The number of nitrogens with two attached hydrogens (primary N) is 1. The molecule has 1 aliphatic carbocycles. The number of aliphatic hydroxyl groups is 1. The first kappa shape index (κ1) is 15.5. The SMILES string of the molecule is CC(C)n1cncc1C(CN)NC1CCCCC1CO. The van der Waals surface area contributed by atoms with Crippen molar-refractivity contribution < 1.29 is 5.11 Å². The third kappa shape index (κ3) is 3.40. The molecule has 1 aromatic rings. The first-order valence-electron chi connectivity index (χ1n) is 7.76. The molecular formula is C15H28N4O. The van der Waals surface area contributed by atoms with Gasteiger partial charge in [0.25, 0.3) is 0 Å². The Hall–Kier alpha value is -0.910. The normalized spacial score (nSPS) is 25.1. The van der Waals surface area contributed by atoms with Crippen molar-refractivity contribution in [1.29, 1.82) is 0 Å². The molecule has 0 radical (unpaired) electrons. The highest BCUT2D eigenvalue weighted by Crippen LogP contribution is 2.26. The Kier molecular flexibility index (Phi) is 5.57. The Morgan fingerprint density at radius 2 is 2.20 bits per heavy atom. The molecule has 3 atom stereocenters. The molecule has 0 saturated heterocycles. The van der Waals surface area contributed by atoms with Crippen LogP contribution in [0.15, 0.2) is 12.5 Å². The minimum atomic E-state index is 0.108. The molecule has 5 heteroatoms. The van der Waals surface area contributed by atoms with Gasteiger partial charge in [-0.15, -0.1) is 0 Å². The van der Waals surface area contributed by atoms with Crippen molar-refractivity contribution in [3.05, 3.63) is 18.2 Å². The van der Waals surface area contributed by atoms with E-state index in [0.717, 1.165) is 18.5 Å². The maximum absolute atomic E-state index is 9.53. The molecule has 1 saturated carbocycles. The van der Waals surface area contributed by atoms with E-state index in [1.165, 1.54) is 12.8 Å². The number of nitrogens with one attached hydrogen (secondary N) is 1. The topological polar surface area (TPSA) is 76.1 Å². The fourth-order valence-electron chi connectivity index (χ4n) is 3.19. The predicted molar refractivity (Wildman–Crippen MR) is 80.4 cm³/mol. The summed E-state index contributed by atoms with van der Waals surface area (Å²) in [6.45, 7) is 5.11. The van der Waals surface area contributed by atoms with Gasteiger partial charge in [0.15, 0.2) is 0 Å². The fraction of sp³-hybridized carbons (Fsp3) is 0.800. The lowest BCUT2D eigenvalue weighted by molar-refractivity contribution is 0.145. The first-order chi connectivity index (χ1) is 9.67. The van der Waals surface area contributed by atoms with Crippen molar-refractivity contribution >= 4 is 0 Å². The van der Waals surface area contributed by atoms with Crippen LogP contribution < -0.4 is 11.1 Å². The monoisotopic (exact) mass is 280 g/mol. The summed E-state index contributed by atoms with van der Waals surface area (Å²) < 4.78 is 2.17. The summed E-state index contributed by atoms with van der Waals surface area (Å²) in [6, 6.07) is 0.846. The van der Waals surface area contributed by atoms with Gasteiger partial charge in [-0.3, -0.25) is 0 Å². The van der Waals surface area contributed by atoms with Crippen LogP contribution in [0.2, 0.25) is 0 Å². The summed E-state index contributed by atoms with van der Waals surface area (Å²) in [7, 11) is 0. The van der Waals surface area contributed by atoms with Crippen molar-refractivity contribution in [2.75, 3.05) is 13.2 Å². The van der Waals surface area contributed by atoms with Crippen LogP contribution >= 0.6 is 0 Å². The zero-order valence-corrected chi connectivity index (χ0v) is 12.6.